The zero-order valence-electron chi connectivity index (χ0n) is 14.6. The zero-order chi connectivity index (χ0) is 19.4. The summed E-state index contributed by atoms with van der Waals surface area (Å²) in [4.78, 5) is 42.2. The van der Waals surface area contributed by atoms with Gasteiger partial charge in [0, 0.05) is 12.7 Å². The summed E-state index contributed by atoms with van der Waals surface area (Å²) < 4.78 is 1.77. The van der Waals surface area contributed by atoms with Crippen LogP contribution in [0.5, 0.6) is 5.88 Å². The molecule has 0 fully saturated rings. The summed E-state index contributed by atoms with van der Waals surface area (Å²) in [5, 5.41) is 13.0. The van der Waals surface area contributed by atoms with Gasteiger partial charge in [-0.05, 0) is 24.6 Å². The number of nitrogens with zero attached hydrogens (tertiary/aromatic N) is 3. The minimum absolute atomic E-state index is 0.00890. The number of carbonyl (C=O) groups is 1. The van der Waals surface area contributed by atoms with E-state index >= 15 is 0 Å². The van der Waals surface area contributed by atoms with Crippen molar-refractivity contribution in [3.8, 4) is 11.7 Å². The second kappa shape index (κ2) is 7.69. The maximum absolute atomic E-state index is 12.9. The van der Waals surface area contributed by atoms with Gasteiger partial charge in [0.15, 0.2) is 5.56 Å². The maximum Gasteiger partial charge on any atom is 0.340 e. The number of aromatic hydroxyl groups is 1. The van der Waals surface area contributed by atoms with Crippen LogP contribution in [0.3, 0.4) is 0 Å². The Hall–Kier alpha value is -3.68. The molecule has 3 rings (SSSR count). The Morgan fingerprint density at radius 3 is 2.44 bits per heavy atom. The largest absolute Gasteiger partial charge is 0.494 e. The molecule has 1 aromatic carbocycles. The topological polar surface area (TPSA) is 106 Å². The van der Waals surface area contributed by atoms with Crippen molar-refractivity contribution in [2.24, 2.45) is 0 Å². The summed E-state index contributed by atoms with van der Waals surface area (Å²) in [6.07, 6.45) is 1.43. The Labute approximate surface area is 154 Å². The number of benzene rings is 1. The fraction of sp³-hybridized carbons (Fsp3) is 0.158. The molecule has 2 heterocycles. The molecule has 27 heavy (non-hydrogen) atoms. The third-order valence-corrected chi connectivity index (χ3v) is 3.94. The van der Waals surface area contributed by atoms with Crippen molar-refractivity contribution in [1.29, 1.82) is 0 Å². The third-order valence-electron chi connectivity index (χ3n) is 3.94. The number of rotatable bonds is 5. The lowest BCUT2D eigenvalue weighted by Crippen LogP contribution is -2.44. The molecule has 2 N–H and O–H groups in total. The summed E-state index contributed by atoms with van der Waals surface area (Å²) in [5.41, 5.74) is -1.49. The molecule has 3 aromatic rings. The van der Waals surface area contributed by atoms with Crippen molar-refractivity contribution in [3.05, 3.63) is 86.7 Å². The number of hydrogen-bond acceptors (Lipinski definition) is 5. The minimum atomic E-state index is -0.925. The normalized spacial score (nSPS) is 10.6. The first-order valence-corrected chi connectivity index (χ1v) is 8.37. The predicted octanol–water partition coefficient (Wildman–Crippen LogP) is 0.898. The molecule has 0 saturated carbocycles. The van der Waals surface area contributed by atoms with Crippen LogP contribution in [0.4, 0.5) is 0 Å². The maximum atomic E-state index is 12.9. The molecule has 8 heteroatoms. The van der Waals surface area contributed by atoms with Gasteiger partial charge < -0.3 is 10.4 Å². The van der Waals surface area contributed by atoms with E-state index < -0.39 is 28.6 Å². The molecule has 0 spiro atoms. The van der Waals surface area contributed by atoms with E-state index in [-0.39, 0.29) is 18.9 Å². The lowest BCUT2D eigenvalue weighted by atomic mass is 10.2. The molecule has 1 amide bonds. The Kier molecular flexibility index (Phi) is 5.16. The molecular formula is C19H18N4O4. The van der Waals surface area contributed by atoms with E-state index in [0.717, 1.165) is 14.7 Å². The van der Waals surface area contributed by atoms with Crippen LogP contribution in [-0.2, 0) is 6.54 Å². The van der Waals surface area contributed by atoms with E-state index in [2.05, 4.69) is 10.3 Å². The highest BCUT2D eigenvalue weighted by molar-refractivity contribution is 5.96. The number of pyridine rings is 1. The van der Waals surface area contributed by atoms with Gasteiger partial charge in [-0.2, -0.15) is 0 Å². The van der Waals surface area contributed by atoms with Gasteiger partial charge in [-0.25, -0.2) is 14.3 Å². The zero-order valence-corrected chi connectivity index (χ0v) is 14.6. The van der Waals surface area contributed by atoms with Crippen molar-refractivity contribution in [1.82, 2.24) is 19.4 Å². The standard InChI is InChI=1S/C19H18N4O4/c1-2-20-16(24)15-17(25)22(12-13-8-4-3-5-9-13)19(27)23(18(15)26)14-10-6-7-11-21-14/h3-11,25H,2,12H2,1H3,(H,20,24). The monoisotopic (exact) mass is 366 g/mol. The highest BCUT2D eigenvalue weighted by atomic mass is 16.3. The SMILES string of the molecule is CCNC(=O)c1c(O)n(Cc2ccccc2)c(=O)n(-c2ccccn2)c1=O. The highest BCUT2D eigenvalue weighted by Crippen LogP contribution is 2.14. The second-order valence-electron chi connectivity index (χ2n) is 5.74. The molecule has 0 bridgehead atoms. The van der Waals surface area contributed by atoms with E-state index in [9.17, 15) is 19.5 Å². The predicted molar refractivity (Wildman–Crippen MR) is 99.3 cm³/mol. The van der Waals surface area contributed by atoms with E-state index in [1.807, 2.05) is 6.07 Å². The summed E-state index contributed by atoms with van der Waals surface area (Å²) in [6, 6.07) is 13.7. The van der Waals surface area contributed by atoms with Crippen molar-refractivity contribution >= 4 is 5.91 Å². The van der Waals surface area contributed by atoms with Crippen molar-refractivity contribution in [2.45, 2.75) is 13.5 Å². The van der Waals surface area contributed by atoms with Gasteiger partial charge in [-0.1, -0.05) is 36.4 Å². The number of carbonyl (C=O) groups excluding carboxylic acids is 1. The van der Waals surface area contributed by atoms with Crippen LogP contribution in [0.15, 0.2) is 64.3 Å². The smallest absolute Gasteiger partial charge is 0.340 e. The van der Waals surface area contributed by atoms with E-state index in [4.69, 9.17) is 0 Å². The summed E-state index contributed by atoms with van der Waals surface area (Å²) in [5.74, 6) is -1.36. The Morgan fingerprint density at radius 2 is 1.81 bits per heavy atom. The number of aromatic nitrogens is 3. The Bertz CT molecular complexity index is 1070. The third kappa shape index (κ3) is 3.50. The lowest BCUT2D eigenvalue weighted by Gasteiger charge is -2.15. The van der Waals surface area contributed by atoms with Crippen molar-refractivity contribution in [2.75, 3.05) is 6.54 Å². The first-order valence-electron chi connectivity index (χ1n) is 8.37. The molecule has 0 atom stereocenters. The molecule has 0 aliphatic carbocycles. The van der Waals surface area contributed by atoms with Crippen molar-refractivity contribution in [3.63, 3.8) is 0 Å². The second-order valence-corrected chi connectivity index (χ2v) is 5.74. The van der Waals surface area contributed by atoms with Gasteiger partial charge in [0.05, 0.1) is 6.54 Å². The van der Waals surface area contributed by atoms with Crippen LogP contribution in [0.25, 0.3) is 5.82 Å². The number of hydrogen-bond donors (Lipinski definition) is 2. The molecule has 0 aliphatic heterocycles. The van der Waals surface area contributed by atoms with Crippen LogP contribution in [0.1, 0.15) is 22.8 Å². The molecular weight excluding hydrogens is 348 g/mol. The molecule has 138 valence electrons. The van der Waals surface area contributed by atoms with Crippen LogP contribution in [0.2, 0.25) is 0 Å². The first kappa shape index (κ1) is 18.1. The van der Waals surface area contributed by atoms with E-state index in [1.165, 1.54) is 12.3 Å². The molecule has 0 saturated heterocycles. The summed E-state index contributed by atoms with van der Waals surface area (Å²) >= 11 is 0. The van der Waals surface area contributed by atoms with Crippen LogP contribution in [-0.4, -0.2) is 31.7 Å². The van der Waals surface area contributed by atoms with E-state index in [0.29, 0.717) is 0 Å². The van der Waals surface area contributed by atoms with Gasteiger partial charge >= 0.3 is 5.69 Å². The average Bonchev–Trinajstić information content (AvgIpc) is 2.67. The quantitative estimate of drug-likeness (QED) is 0.698. The Balaban J connectivity index is 2.29. The van der Waals surface area contributed by atoms with Gasteiger partial charge in [-0.3, -0.25) is 14.2 Å². The fourth-order valence-corrected chi connectivity index (χ4v) is 2.68. The van der Waals surface area contributed by atoms with Gasteiger partial charge in [-0.15, -0.1) is 0 Å². The molecule has 8 nitrogen and oxygen atoms in total. The average molecular weight is 366 g/mol. The van der Waals surface area contributed by atoms with Gasteiger partial charge in [0.1, 0.15) is 5.82 Å². The van der Waals surface area contributed by atoms with Gasteiger partial charge in [0.25, 0.3) is 11.5 Å². The first-order chi connectivity index (χ1) is 13.0. The molecule has 0 aliphatic rings. The minimum Gasteiger partial charge on any atom is -0.494 e. The Morgan fingerprint density at radius 1 is 1.11 bits per heavy atom. The van der Waals surface area contributed by atoms with Crippen LogP contribution < -0.4 is 16.6 Å². The molecule has 0 radical (unpaired) electrons. The molecule has 2 aromatic heterocycles. The number of nitrogens with one attached hydrogen (secondary N) is 1. The van der Waals surface area contributed by atoms with Crippen LogP contribution in [0, 0.1) is 0 Å². The number of amides is 1. The summed E-state index contributed by atoms with van der Waals surface area (Å²) in [6.45, 7) is 1.94. The van der Waals surface area contributed by atoms with Crippen molar-refractivity contribution < 1.29 is 9.90 Å². The lowest BCUT2D eigenvalue weighted by molar-refractivity contribution is 0.0949. The van der Waals surface area contributed by atoms with Crippen LogP contribution >= 0.6 is 0 Å². The van der Waals surface area contributed by atoms with E-state index in [1.54, 1.807) is 43.3 Å². The highest BCUT2D eigenvalue weighted by Gasteiger charge is 2.25. The van der Waals surface area contributed by atoms with Gasteiger partial charge in [0.2, 0.25) is 5.88 Å². The molecule has 0 unspecified atom stereocenters. The summed E-state index contributed by atoms with van der Waals surface area (Å²) in [7, 11) is 0. The fourth-order valence-electron chi connectivity index (χ4n) is 2.68.